The zero-order valence-electron chi connectivity index (χ0n) is 10.3. The van der Waals surface area contributed by atoms with Gasteiger partial charge in [-0.15, -0.1) is 0 Å². The van der Waals surface area contributed by atoms with E-state index in [1.54, 1.807) is 0 Å². The van der Waals surface area contributed by atoms with Gasteiger partial charge in [0.05, 0.1) is 5.75 Å². The average Bonchev–Trinajstić information content (AvgIpc) is 2.13. The number of nitrogens with two attached hydrogens (primary N) is 1. The predicted octanol–water partition coefficient (Wildman–Crippen LogP) is 1.22. The zero-order valence-corrected chi connectivity index (χ0v) is 11.1. The molecule has 1 fully saturated rings. The Hall–Kier alpha value is -0.130. The molecule has 0 aliphatic heterocycles. The van der Waals surface area contributed by atoms with Gasteiger partial charge in [0.2, 0.25) is 10.0 Å². The molecule has 0 aromatic carbocycles. The maximum atomic E-state index is 10.7. The van der Waals surface area contributed by atoms with E-state index in [2.05, 4.69) is 19.2 Å². The highest BCUT2D eigenvalue weighted by molar-refractivity contribution is 7.89. The fraction of sp³-hybridized carbons (Fsp3) is 1.00. The van der Waals surface area contributed by atoms with E-state index >= 15 is 0 Å². The third-order valence-electron chi connectivity index (χ3n) is 3.38. The molecule has 1 aliphatic rings. The molecular weight excluding hydrogens is 224 g/mol. The summed E-state index contributed by atoms with van der Waals surface area (Å²) in [6, 6.07) is 0.563. The second kappa shape index (κ2) is 5.47. The minimum absolute atomic E-state index is 0.0816. The van der Waals surface area contributed by atoms with Crippen molar-refractivity contribution in [2.45, 2.75) is 52.0 Å². The van der Waals surface area contributed by atoms with Crippen molar-refractivity contribution in [2.75, 3.05) is 12.3 Å². The molecule has 96 valence electrons. The number of rotatable bonds is 5. The maximum Gasteiger partial charge on any atom is 0.209 e. The largest absolute Gasteiger partial charge is 0.314 e. The molecule has 1 aliphatic carbocycles. The molecular formula is C11H24N2O2S. The lowest BCUT2D eigenvalue weighted by molar-refractivity contribution is 0.207. The fourth-order valence-corrected chi connectivity index (χ4v) is 2.73. The van der Waals surface area contributed by atoms with Crippen molar-refractivity contribution in [1.82, 2.24) is 5.32 Å². The molecule has 0 heterocycles. The quantitative estimate of drug-likeness (QED) is 0.719. The van der Waals surface area contributed by atoms with E-state index in [0.29, 0.717) is 17.9 Å². The zero-order chi connectivity index (χ0) is 12.2. The van der Waals surface area contributed by atoms with Crippen LogP contribution in [0, 0.1) is 5.41 Å². The van der Waals surface area contributed by atoms with Crippen molar-refractivity contribution in [3.8, 4) is 0 Å². The van der Waals surface area contributed by atoms with Crippen molar-refractivity contribution in [2.24, 2.45) is 10.6 Å². The van der Waals surface area contributed by atoms with E-state index in [9.17, 15) is 8.42 Å². The van der Waals surface area contributed by atoms with E-state index in [0.717, 1.165) is 6.54 Å². The molecule has 0 aromatic heterocycles. The van der Waals surface area contributed by atoms with Crippen LogP contribution in [0.5, 0.6) is 0 Å². The smallest absolute Gasteiger partial charge is 0.209 e. The predicted molar refractivity (Wildman–Crippen MR) is 66.6 cm³/mol. The Morgan fingerprint density at radius 1 is 1.31 bits per heavy atom. The van der Waals surface area contributed by atoms with Gasteiger partial charge in [0.1, 0.15) is 0 Å². The number of sulfonamides is 1. The standard InChI is InChI=1S/C11H24N2O2S/c1-11(2)6-4-10(5-7-11)13-8-3-9-16(12,14)15/h10,13H,3-9H2,1-2H3,(H2,12,14,15). The topological polar surface area (TPSA) is 72.2 Å². The summed E-state index contributed by atoms with van der Waals surface area (Å²) in [4.78, 5) is 0. The van der Waals surface area contributed by atoms with Gasteiger partial charge in [0, 0.05) is 6.04 Å². The van der Waals surface area contributed by atoms with Gasteiger partial charge in [-0.3, -0.25) is 0 Å². The molecule has 0 spiro atoms. The summed E-state index contributed by atoms with van der Waals surface area (Å²) in [5.41, 5.74) is 0.485. The molecule has 0 atom stereocenters. The molecule has 0 saturated heterocycles. The lowest BCUT2D eigenvalue weighted by atomic mass is 9.75. The highest BCUT2D eigenvalue weighted by atomic mass is 32.2. The third-order valence-corrected chi connectivity index (χ3v) is 4.24. The summed E-state index contributed by atoms with van der Waals surface area (Å²) < 4.78 is 21.4. The molecule has 1 rings (SSSR count). The first-order valence-electron chi connectivity index (χ1n) is 6.02. The van der Waals surface area contributed by atoms with E-state index in [1.165, 1.54) is 25.7 Å². The van der Waals surface area contributed by atoms with Crippen LogP contribution < -0.4 is 10.5 Å². The average molecular weight is 248 g/mol. The van der Waals surface area contributed by atoms with Crippen LogP contribution in [0.25, 0.3) is 0 Å². The van der Waals surface area contributed by atoms with Crippen molar-refractivity contribution in [3.05, 3.63) is 0 Å². The van der Waals surface area contributed by atoms with Gasteiger partial charge >= 0.3 is 0 Å². The van der Waals surface area contributed by atoms with E-state index in [1.807, 2.05) is 0 Å². The van der Waals surface area contributed by atoms with E-state index in [4.69, 9.17) is 5.14 Å². The van der Waals surface area contributed by atoms with Crippen LogP contribution in [0.1, 0.15) is 46.0 Å². The molecule has 0 radical (unpaired) electrons. The Bertz CT molecular complexity index is 302. The summed E-state index contributed by atoms with van der Waals surface area (Å²) in [5.74, 6) is 0.0816. The molecule has 0 amide bonds. The first kappa shape index (κ1) is 13.9. The van der Waals surface area contributed by atoms with E-state index < -0.39 is 10.0 Å². The van der Waals surface area contributed by atoms with Crippen LogP contribution in [0.15, 0.2) is 0 Å². The molecule has 3 N–H and O–H groups in total. The molecule has 5 heteroatoms. The van der Waals surface area contributed by atoms with Crippen molar-refractivity contribution < 1.29 is 8.42 Å². The molecule has 0 unspecified atom stereocenters. The monoisotopic (exact) mass is 248 g/mol. The number of nitrogens with one attached hydrogen (secondary N) is 1. The Labute approximate surface area is 99.0 Å². The Morgan fingerprint density at radius 3 is 2.38 bits per heavy atom. The van der Waals surface area contributed by atoms with Gasteiger partial charge in [-0.25, -0.2) is 13.6 Å². The normalized spacial score (nSPS) is 22.2. The van der Waals surface area contributed by atoms with Crippen LogP contribution in [-0.4, -0.2) is 26.8 Å². The lowest BCUT2D eigenvalue weighted by Crippen LogP contribution is -2.36. The van der Waals surface area contributed by atoms with Crippen LogP contribution in [0.3, 0.4) is 0 Å². The van der Waals surface area contributed by atoms with Crippen LogP contribution in [-0.2, 0) is 10.0 Å². The van der Waals surface area contributed by atoms with Gasteiger partial charge in [-0.1, -0.05) is 13.8 Å². The highest BCUT2D eigenvalue weighted by Crippen LogP contribution is 2.34. The molecule has 1 saturated carbocycles. The minimum Gasteiger partial charge on any atom is -0.314 e. The van der Waals surface area contributed by atoms with Gasteiger partial charge in [0.25, 0.3) is 0 Å². The minimum atomic E-state index is -3.29. The highest BCUT2D eigenvalue weighted by Gasteiger charge is 2.26. The van der Waals surface area contributed by atoms with Crippen molar-refractivity contribution in [3.63, 3.8) is 0 Å². The Morgan fingerprint density at radius 2 is 1.88 bits per heavy atom. The first-order chi connectivity index (χ1) is 7.29. The molecule has 4 nitrogen and oxygen atoms in total. The lowest BCUT2D eigenvalue weighted by Gasteiger charge is -2.34. The van der Waals surface area contributed by atoms with Crippen LogP contribution >= 0.6 is 0 Å². The summed E-state index contributed by atoms with van der Waals surface area (Å²) >= 11 is 0. The first-order valence-corrected chi connectivity index (χ1v) is 7.74. The third kappa shape index (κ3) is 5.82. The number of hydrogen-bond donors (Lipinski definition) is 2. The van der Waals surface area contributed by atoms with Gasteiger partial charge in [-0.05, 0) is 44.1 Å². The van der Waals surface area contributed by atoms with Crippen LogP contribution in [0.2, 0.25) is 0 Å². The summed E-state index contributed by atoms with van der Waals surface area (Å²) in [5, 5.41) is 8.35. The Kier molecular flexibility index (Phi) is 4.76. The van der Waals surface area contributed by atoms with E-state index in [-0.39, 0.29) is 5.75 Å². The van der Waals surface area contributed by atoms with Crippen molar-refractivity contribution >= 4 is 10.0 Å². The number of hydrogen-bond acceptors (Lipinski definition) is 3. The second-order valence-corrected chi connectivity index (χ2v) is 7.35. The summed E-state index contributed by atoms with van der Waals surface area (Å²) in [6.07, 6.45) is 5.50. The fourth-order valence-electron chi connectivity index (χ4n) is 2.18. The van der Waals surface area contributed by atoms with Crippen LogP contribution in [0.4, 0.5) is 0 Å². The SMILES string of the molecule is CC1(C)CCC(NCCCS(N)(=O)=O)CC1. The van der Waals surface area contributed by atoms with Gasteiger partial charge < -0.3 is 5.32 Å². The molecule has 16 heavy (non-hydrogen) atoms. The van der Waals surface area contributed by atoms with Gasteiger partial charge in [0.15, 0.2) is 0 Å². The molecule has 0 bridgehead atoms. The maximum absolute atomic E-state index is 10.7. The number of primary sulfonamides is 1. The summed E-state index contributed by atoms with van der Waals surface area (Å²) in [7, 11) is -3.29. The second-order valence-electron chi connectivity index (χ2n) is 5.61. The molecule has 0 aromatic rings. The summed E-state index contributed by atoms with van der Waals surface area (Å²) in [6.45, 7) is 5.37. The van der Waals surface area contributed by atoms with Gasteiger partial charge in [-0.2, -0.15) is 0 Å². The Balaban J connectivity index is 2.11. The van der Waals surface area contributed by atoms with Crippen molar-refractivity contribution in [1.29, 1.82) is 0 Å².